The zero-order valence-corrected chi connectivity index (χ0v) is 18.9. The van der Waals surface area contributed by atoms with Crippen LogP contribution in [0.25, 0.3) is 11.3 Å². The lowest BCUT2D eigenvalue weighted by molar-refractivity contribution is -0.274. The van der Waals surface area contributed by atoms with Gasteiger partial charge in [0.2, 0.25) is 10.0 Å². The molecule has 0 saturated carbocycles. The molecule has 1 amide bonds. The SMILES string of the molecule is CC(Cl)/C=C(\C=C/CCNC(=O)c1ccc(-c2ccc(OC(F)(F)F)cc2)nc1)S(N)(=O)=O. The molecule has 0 aliphatic heterocycles. The number of rotatable bonds is 9. The van der Waals surface area contributed by atoms with Gasteiger partial charge in [0.1, 0.15) is 5.75 Å². The summed E-state index contributed by atoms with van der Waals surface area (Å²) in [5.41, 5.74) is 1.29. The van der Waals surface area contributed by atoms with E-state index in [9.17, 15) is 26.4 Å². The third-order valence-electron chi connectivity index (χ3n) is 4.01. The van der Waals surface area contributed by atoms with Gasteiger partial charge >= 0.3 is 6.36 Å². The van der Waals surface area contributed by atoms with Crippen molar-refractivity contribution in [2.24, 2.45) is 5.14 Å². The van der Waals surface area contributed by atoms with E-state index in [1.807, 2.05) is 0 Å². The Balaban J connectivity index is 1.91. The van der Waals surface area contributed by atoms with Crippen molar-refractivity contribution in [1.29, 1.82) is 0 Å². The smallest absolute Gasteiger partial charge is 0.406 e. The fourth-order valence-corrected chi connectivity index (χ4v) is 3.46. The van der Waals surface area contributed by atoms with Crippen LogP contribution in [0, 0.1) is 0 Å². The average Bonchev–Trinajstić information content (AvgIpc) is 2.71. The number of pyridine rings is 1. The Morgan fingerprint density at radius 3 is 2.42 bits per heavy atom. The highest BCUT2D eigenvalue weighted by atomic mass is 35.5. The predicted molar refractivity (Wildman–Crippen MR) is 119 cm³/mol. The Morgan fingerprint density at radius 2 is 1.91 bits per heavy atom. The molecule has 1 aromatic carbocycles. The summed E-state index contributed by atoms with van der Waals surface area (Å²) < 4.78 is 63.5. The van der Waals surface area contributed by atoms with E-state index in [-0.39, 0.29) is 22.8 Å². The first-order chi connectivity index (χ1) is 15.3. The van der Waals surface area contributed by atoms with E-state index in [1.54, 1.807) is 19.1 Å². The van der Waals surface area contributed by atoms with Gasteiger partial charge < -0.3 is 10.1 Å². The number of alkyl halides is 4. The number of ether oxygens (including phenoxy) is 1. The number of nitrogens with zero attached hydrogens (tertiary/aromatic N) is 1. The standard InChI is InChI=1S/C21H21ClF3N3O4S/c1-14(22)12-18(33(26,30)31)4-2-3-11-27-20(29)16-7-10-19(28-13-16)15-5-8-17(9-6-15)32-21(23,24)25/h2,4-10,12-14H,3,11H2,1H3,(H,27,29)(H2,26,30,31)/b4-2-,18-12+. The van der Waals surface area contributed by atoms with E-state index in [4.69, 9.17) is 16.7 Å². The Bertz CT molecular complexity index is 1110. The summed E-state index contributed by atoms with van der Waals surface area (Å²) in [4.78, 5) is 16.3. The van der Waals surface area contributed by atoms with Crippen molar-refractivity contribution in [3.05, 3.63) is 71.3 Å². The topological polar surface area (TPSA) is 111 Å². The quantitative estimate of drug-likeness (QED) is 0.304. The van der Waals surface area contributed by atoms with Gasteiger partial charge in [-0.3, -0.25) is 9.78 Å². The minimum Gasteiger partial charge on any atom is -0.406 e. The maximum atomic E-state index is 12.2. The number of halogens is 4. The van der Waals surface area contributed by atoms with Crippen LogP contribution in [0.5, 0.6) is 5.75 Å². The Hall–Kier alpha value is -2.89. The maximum absolute atomic E-state index is 12.2. The highest BCUT2D eigenvalue weighted by molar-refractivity contribution is 7.93. The molecule has 0 spiro atoms. The lowest BCUT2D eigenvalue weighted by atomic mass is 10.1. The van der Waals surface area contributed by atoms with Gasteiger partial charge in [0.15, 0.2) is 0 Å². The zero-order chi connectivity index (χ0) is 24.6. The minimum absolute atomic E-state index is 0.117. The molecule has 1 heterocycles. The number of allylic oxidation sites excluding steroid dienone is 2. The summed E-state index contributed by atoms with van der Waals surface area (Å²) in [6.07, 6.45) is 1.08. The number of sulfonamides is 1. The highest BCUT2D eigenvalue weighted by Crippen LogP contribution is 2.25. The highest BCUT2D eigenvalue weighted by Gasteiger charge is 2.31. The molecule has 1 atom stereocenters. The van der Waals surface area contributed by atoms with Crippen molar-refractivity contribution in [1.82, 2.24) is 10.3 Å². The Labute approximate surface area is 194 Å². The fourth-order valence-electron chi connectivity index (χ4n) is 2.57. The second-order valence-corrected chi connectivity index (χ2v) is 8.99. The predicted octanol–water partition coefficient (Wildman–Crippen LogP) is 4.12. The number of hydrogen-bond donors (Lipinski definition) is 2. The number of nitrogens with two attached hydrogens (primary N) is 1. The van der Waals surface area contributed by atoms with Gasteiger partial charge in [-0.2, -0.15) is 0 Å². The number of benzene rings is 1. The summed E-state index contributed by atoms with van der Waals surface area (Å²) in [6, 6.07) is 8.27. The first-order valence-electron chi connectivity index (χ1n) is 9.51. The summed E-state index contributed by atoms with van der Waals surface area (Å²) in [5, 5.41) is 7.26. The largest absolute Gasteiger partial charge is 0.573 e. The molecule has 2 rings (SSSR count). The van der Waals surface area contributed by atoms with Crippen molar-refractivity contribution in [3.63, 3.8) is 0 Å². The average molecular weight is 504 g/mol. The Kier molecular flexibility index (Phi) is 9.03. The van der Waals surface area contributed by atoms with Gasteiger partial charge in [-0.05, 0) is 61.9 Å². The third kappa shape index (κ3) is 9.24. The maximum Gasteiger partial charge on any atom is 0.573 e. The lowest BCUT2D eigenvalue weighted by Gasteiger charge is -2.09. The van der Waals surface area contributed by atoms with Crippen LogP contribution in [0.15, 0.2) is 65.7 Å². The molecule has 1 aromatic heterocycles. The molecular formula is C21H21ClF3N3O4S. The number of amides is 1. The van der Waals surface area contributed by atoms with Crippen LogP contribution < -0.4 is 15.2 Å². The lowest BCUT2D eigenvalue weighted by Crippen LogP contribution is -2.24. The number of hydrogen-bond acceptors (Lipinski definition) is 5. The molecule has 0 bridgehead atoms. The first kappa shape index (κ1) is 26.4. The van der Waals surface area contributed by atoms with Crippen molar-refractivity contribution in [3.8, 4) is 17.0 Å². The van der Waals surface area contributed by atoms with Crippen molar-refractivity contribution in [2.45, 2.75) is 25.1 Å². The molecule has 0 aliphatic rings. The molecule has 178 valence electrons. The van der Waals surface area contributed by atoms with E-state index in [2.05, 4.69) is 15.0 Å². The number of carbonyl (C=O) groups excluding carboxylic acids is 1. The van der Waals surface area contributed by atoms with Crippen LogP contribution in [-0.2, 0) is 10.0 Å². The molecule has 2 aromatic rings. The van der Waals surface area contributed by atoms with Crippen LogP contribution in [0.4, 0.5) is 13.2 Å². The van der Waals surface area contributed by atoms with E-state index >= 15 is 0 Å². The van der Waals surface area contributed by atoms with Crippen LogP contribution in [0.3, 0.4) is 0 Å². The molecule has 3 N–H and O–H groups in total. The van der Waals surface area contributed by atoms with Crippen LogP contribution >= 0.6 is 11.6 Å². The fraction of sp³-hybridized carbons (Fsp3) is 0.238. The molecule has 0 radical (unpaired) electrons. The zero-order valence-electron chi connectivity index (χ0n) is 17.3. The molecule has 0 saturated heterocycles. The van der Waals surface area contributed by atoms with E-state index < -0.39 is 27.7 Å². The summed E-state index contributed by atoms with van der Waals surface area (Å²) in [6.45, 7) is 1.82. The van der Waals surface area contributed by atoms with Gasteiger partial charge in [-0.15, -0.1) is 24.8 Å². The molecule has 0 aliphatic carbocycles. The second-order valence-electron chi connectivity index (χ2n) is 6.74. The van der Waals surface area contributed by atoms with Gasteiger partial charge in [-0.1, -0.05) is 6.08 Å². The molecule has 7 nitrogen and oxygen atoms in total. The Morgan fingerprint density at radius 1 is 1.24 bits per heavy atom. The first-order valence-corrected chi connectivity index (χ1v) is 11.5. The minimum atomic E-state index is -4.77. The molecule has 12 heteroatoms. The van der Waals surface area contributed by atoms with Gasteiger partial charge in [-0.25, -0.2) is 13.6 Å². The number of nitrogens with one attached hydrogen (secondary N) is 1. The van der Waals surface area contributed by atoms with Crippen molar-refractivity contribution >= 4 is 27.5 Å². The normalized spacial score (nSPS) is 13.7. The van der Waals surface area contributed by atoms with Gasteiger partial charge in [0, 0.05) is 18.3 Å². The van der Waals surface area contributed by atoms with Gasteiger partial charge in [0.25, 0.3) is 5.91 Å². The molecular weight excluding hydrogens is 483 g/mol. The number of primary sulfonamides is 1. The van der Waals surface area contributed by atoms with Crippen molar-refractivity contribution in [2.75, 3.05) is 6.54 Å². The van der Waals surface area contributed by atoms with Crippen LogP contribution in [0.2, 0.25) is 0 Å². The monoisotopic (exact) mass is 503 g/mol. The third-order valence-corrected chi connectivity index (χ3v) is 5.07. The van der Waals surface area contributed by atoms with E-state index in [0.717, 1.165) is 0 Å². The molecule has 0 fully saturated rings. The summed E-state index contributed by atoms with van der Waals surface area (Å²) in [7, 11) is -3.91. The van der Waals surface area contributed by atoms with Crippen LogP contribution in [0.1, 0.15) is 23.7 Å². The molecule has 33 heavy (non-hydrogen) atoms. The number of aromatic nitrogens is 1. The van der Waals surface area contributed by atoms with Crippen LogP contribution in [-0.4, -0.2) is 37.6 Å². The van der Waals surface area contributed by atoms with E-state index in [0.29, 0.717) is 17.7 Å². The van der Waals surface area contributed by atoms with Gasteiger partial charge in [0.05, 0.1) is 21.5 Å². The summed E-state index contributed by atoms with van der Waals surface area (Å²) >= 11 is 5.77. The summed E-state index contributed by atoms with van der Waals surface area (Å²) in [5.74, 6) is -0.742. The molecule has 1 unspecified atom stereocenters. The van der Waals surface area contributed by atoms with E-state index in [1.165, 1.54) is 48.7 Å². The van der Waals surface area contributed by atoms with Crippen molar-refractivity contribution < 1.29 is 31.1 Å². The number of carbonyl (C=O) groups is 1. The second kappa shape index (κ2) is 11.3.